The van der Waals surface area contributed by atoms with Crippen molar-refractivity contribution < 1.29 is 9.47 Å². The molecule has 1 fully saturated rings. The van der Waals surface area contributed by atoms with Gasteiger partial charge in [0.25, 0.3) is 0 Å². The van der Waals surface area contributed by atoms with Gasteiger partial charge in [0.15, 0.2) is 0 Å². The molecule has 0 unspecified atom stereocenters. The van der Waals surface area contributed by atoms with Crippen LogP contribution in [-0.4, -0.2) is 25.3 Å². The maximum Gasteiger partial charge on any atom is 0.139 e. The number of nitrogens with zero attached hydrogens (tertiary/aromatic N) is 1. The molecule has 4 heteroatoms. The van der Waals surface area contributed by atoms with Crippen LogP contribution in [0.1, 0.15) is 5.56 Å². The maximum absolute atomic E-state index is 5.78. The van der Waals surface area contributed by atoms with Crippen LogP contribution in [0.2, 0.25) is 5.15 Å². The third kappa shape index (κ3) is 1.43. The molecular formula is C9H10ClNO2. The topological polar surface area (TPSA) is 31.4 Å². The van der Waals surface area contributed by atoms with Crippen molar-refractivity contribution in [2.24, 2.45) is 0 Å². The number of hydrogen-bond acceptors (Lipinski definition) is 3. The van der Waals surface area contributed by atoms with Gasteiger partial charge in [0.05, 0.1) is 13.2 Å². The van der Waals surface area contributed by atoms with Gasteiger partial charge in [-0.3, -0.25) is 0 Å². The van der Waals surface area contributed by atoms with Crippen molar-refractivity contribution in [1.82, 2.24) is 4.98 Å². The number of methoxy groups -OCH3 is 1. The van der Waals surface area contributed by atoms with E-state index >= 15 is 0 Å². The summed E-state index contributed by atoms with van der Waals surface area (Å²) in [5.41, 5.74) is 0.730. The van der Waals surface area contributed by atoms with Crippen LogP contribution >= 0.6 is 11.6 Å². The van der Waals surface area contributed by atoms with Gasteiger partial charge >= 0.3 is 0 Å². The van der Waals surface area contributed by atoms with Gasteiger partial charge in [0, 0.05) is 13.3 Å². The summed E-state index contributed by atoms with van der Waals surface area (Å²) in [7, 11) is 1.68. The molecular weight excluding hydrogens is 190 g/mol. The third-order valence-electron chi connectivity index (χ3n) is 2.31. The molecule has 70 valence electrons. The molecule has 1 aromatic rings. The molecule has 0 spiro atoms. The lowest BCUT2D eigenvalue weighted by molar-refractivity contribution is -0.202. The second kappa shape index (κ2) is 3.25. The molecule has 0 amide bonds. The van der Waals surface area contributed by atoms with Crippen molar-refractivity contribution in [3.05, 3.63) is 29.0 Å². The minimum absolute atomic E-state index is 0.299. The number of hydrogen-bond donors (Lipinski definition) is 0. The van der Waals surface area contributed by atoms with Crippen LogP contribution in [0.4, 0.5) is 0 Å². The largest absolute Gasteiger partial charge is 0.375 e. The zero-order valence-corrected chi connectivity index (χ0v) is 8.04. The van der Waals surface area contributed by atoms with E-state index in [9.17, 15) is 0 Å². The predicted octanol–water partition coefficient (Wildman–Crippen LogP) is 1.61. The fourth-order valence-electron chi connectivity index (χ4n) is 1.38. The molecule has 3 nitrogen and oxygen atoms in total. The summed E-state index contributed by atoms with van der Waals surface area (Å²) >= 11 is 5.78. The smallest absolute Gasteiger partial charge is 0.139 e. The highest BCUT2D eigenvalue weighted by Gasteiger charge is 2.40. The fraction of sp³-hybridized carbons (Fsp3) is 0.444. The summed E-state index contributed by atoms with van der Waals surface area (Å²) in [4.78, 5) is 3.92. The Balaban J connectivity index is 2.33. The van der Waals surface area contributed by atoms with E-state index in [1.807, 2.05) is 12.1 Å². The molecule has 0 saturated carbocycles. The van der Waals surface area contributed by atoms with E-state index in [2.05, 4.69) is 4.98 Å². The highest BCUT2D eigenvalue weighted by molar-refractivity contribution is 6.29. The molecule has 1 aromatic heterocycles. The van der Waals surface area contributed by atoms with Crippen LogP contribution in [0.25, 0.3) is 0 Å². The van der Waals surface area contributed by atoms with Gasteiger partial charge in [-0.15, -0.1) is 0 Å². The van der Waals surface area contributed by atoms with Crippen molar-refractivity contribution in [2.45, 2.75) is 5.60 Å². The Kier molecular flexibility index (Phi) is 2.24. The molecule has 13 heavy (non-hydrogen) atoms. The van der Waals surface area contributed by atoms with Gasteiger partial charge in [0.2, 0.25) is 0 Å². The first-order valence-electron chi connectivity index (χ1n) is 4.02. The second-order valence-corrected chi connectivity index (χ2v) is 3.45. The normalized spacial score (nSPS) is 19.5. The van der Waals surface area contributed by atoms with E-state index in [4.69, 9.17) is 21.1 Å². The lowest BCUT2D eigenvalue weighted by Crippen LogP contribution is -2.48. The van der Waals surface area contributed by atoms with E-state index in [1.165, 1.54) is 0 Å². The summed E-state index contributed by atoms with van der Waals surface area (Å²) < 4.78 is 10.5. The Bertz CT molecular complexity index is 307. The van der Waals surface area contributed by atoms with Crippen LogP contribution < -0.4 is 0 Å². The Morgan fingerprint density at radius 3 is 2.85 bits per heavy atom. The van der Waals surface area contributed by atoms with E-state index in [0.717, 1.165) is 5.56 Å². The number of pyridine rings is 1. The summed E-state index contributed by atoms with van der Waals surface area (Å²) in [6.45, 7) is 1.17. The Hall–Kier alpha value is -0.640. The molecule has 0 aromatic carbocycles. The van der Waals surface area contributed by atoms with Crippen LogP contribution in [0.3, 0.4) is 0 Å². The van der Waals surface area contributed by atoms with Gasteiger partial charge in [-0.25, -0.2) is 4.98 Å². The van der Waals surface area contributed by atoms with Crippen molar-refractivity contribution >= 4 is 11.6 Å². The number of halogens is 1. The monoisotopic (exact) mass is 199 g/mol. The van der Waals surface area contributed by atoms with E-state index < -0.39 is 0 Å². The highest BCUT2D eigenvalue weighted by Crippen LogP contribution is 2.33. The van der Waals surface area contributed by atoms with Crippen molar-refractivity contribution in [1.29, 1.82) is 0 Å². The molecule has 1 saturated heterocycles. The van der Waals surface area contributed by atoms with Crippen molar-refractivity contribution in [3.8, 4) is 0 Å². The first kappa shape index (κ1) is 8.94. The Morgan fingerprint density at radius 2 is 2.38 bits per heavy atom. The van der Waals surface area contributed by atoms with Gasteiger partial charge in [-0.05, 0) is 17.7 Å². The fourth-order valence-corrected chi connectivity index (χ4v) is 1.55. The summed E-state index contributed by atoms with van der Waals surface area (Å²) in [6, 6.07) is 3.71. The standard InChI is InChI=1S/C9H10ClNO2/c1-12-9(5-13-6-9)7-2-3-11-8(10)4-7/h2-4H,5-6H2,1H3. The Morgan fingerprint density at radius 1 is 1.62 bits per heavy atom. The van der Waals surface area contributed by atoms with Crippen molar-refractivity contribution in [3.63, 3.8) is 0 Å². The van der Waals surface area contributed by atoms with Gasteiger partial charge < -0.3 is 9.47 Å². The van der Waals surface area contributed by atoms with Gasteiger partial charge in [0.1, 0.15) is 10.8 Å². The molecule has 0 bridgehead atoms. The summed E-state index contributed by atoms with van der Waals surface area (Å²) in [5.74, 6) is 0. The highest BCUT2D eigenvalue weighted by atomic mass is 35.5. The molecule has 0 atom stereocenters. The average Bonchev–Trinajstić information content (AvgIpc) is 2.03. The molecule has 1 aliphatic heterocycles. The quantitative estimate of drug-likeness (QED) is 0.679. The van der Waals surface area contributed by atoms with Crippen LogP contribution in [0.5, 0.6) is 0 Å². The minimum Gasteiger partial charge on any atom is -0.375 e. The second-order valence-electron chi connectivity index (χ2n) is 3.06. The van der Waals surface area contributed by atoms with E-state index in [0.29, 0.717) is 18.4 Å². The van der Waals surface area contributed by atoms with Crippen LogP contribution in [-0.2, 0) is 15.1 Å². The van der Waals surface area contributed by atoms with Crippen LogP contribution in [0, 0.1) is 0 Å². The summed E-state index contributed by atoms with van der Waals surface area (Å²) in [5, 5.41) is 0.487. The first-order chi connectivity index (χ1) is 6.27. The minimum atomic E-state index is -0.299. The first-order valence-corrected chi connectivity index (χ1v) is 4.39. The Labute approximate surface area is 81.6 Å². The number of ether oxygens (including phenoxy) is 2. The summed E-state index contributed by atoms with van der Waals surface area (Å²) in [6.07, 6.45) is 1.68. The predicted molar refractivity (Wildman–Crippen MR) is 48.8 cm³/mol. The molecule has 2 heterocycles. The lowest BCUT2D eigenvalue weighted by Gasteiger charge is -2.40. The SMILES string of the molecule is COC1(c2ccnc(Cl)c2)COC1. The van der Waals surface area contributed by atoms with E-state index in [1.54, 1.807) is 13.3 Å². The van der Waals surface area contributed by atoms with Gasteiger partial charge in [-0.2, -0.15) is 0 Å². The molecule has 1 aliphatic rings. The number of aromatic nitrogens is 1. The van der Waals surface area contributed by atoms with Crippen molar-refractivity contribution in [2.75, 3.05) is 20.3 Å². The molecule has 0 aliphatic carbocycles. The zero-order chi connectivity index (χ0) is 9.31. The molecule has 0 radical (unpaired) electrons. The maximum atomic E-state index is 5.78. The molecule has 2 rings (SSSR count). The number of rotatable bonds is 2. The van der Waals surface area contributed by atoms with Gasteiger partial charge in [-0.1, -0.05) is 11.6 Å². The lowest BCUT2D eigenvalue weighted by atomic mass is 9.93. The van der Waals surface area contributed by atoms with Crippen LogP contribution in [0.15, 0.2) is 18.3 Å². The third-order valence-corrected chi connectivity index (χ3v) is 2.52. The molecule has 0 N–H and O–H groups in total. The average molecular weight is 200 g/mol. The van der Waals surface area contributed by atoms with E-state index in [-0.39, 0.29) is 5.60 Å². The zero-order valence-electron chi connectivity index (χ0n) is 7.29.